The van der Waals surface area contributed by atoms with E-state index in [1.807, 2.05) is 48.6 Å². The number of rotatable bonds is 4. The number of pyridine rings is 1. The Labute approximate surface area is 111 Å². The highest BCUT2D eigenvalue weighted by molar-refractivity contribution is 5.85. The molecule has 0 bridgehead atoms. The molecule has 0 saturated carbocycles. The topological polar surface area (TPSA) is 50.2 Å². The molecule has 1 aromatic heterocycles. The van der Waals surface area contributed by atoms with Crippen molar-refractivity contribution in [3.8, 4) is 0 Å². The van der Waals surface area contributed by atoms with Crippen molar-refractivity contribution in [2.45, 2.75) is 0 Å². The number of aromatic nitrogens is 1. The summed E-state index contributed by atoms with van der Waals surface area (Å²) in [5, 5.41) is 8.59. The van der Waals surface area contributed by atoms with Crippen LogP contribution in [0, 0.1) is 0 Å². The number of carboxylic acid groups (broad SMARTS) is 1. The van der Waals surface area contributed by atoms with Gasteiger partial charge in [-0.1, -0.05) is 30.4 Å². The van der Waals surface area contributed by atoms with E-state index in [0.29, 0.717) is 0 Å². The van der Waals surface area contributed by atoms with Gasteiger partial charge in [0.2, 0.25) is 0 Å². The van der Waals surface area contributed by atoms with E-state index in [1.165, 1.54) is 0 Å². The van der Waals surface area contributed by atoms with Crippen molar-refractivity contribution in [2.75, 3.05) is 0 Å². The predicted molar refractivity (Wildman–Crippen MR) is 76.3 cm³/mol. The minimum absolute atomic E-state index is 0.860. The number of benzene rings is 1. The third-order valence-corrected chi connectivity index (χ3v) is 2.50. The average molecular weight is 251 g/mol. The van der Waals surface area contributed by atoms with Crippen LogP contribution in [0.2, 0.25) is 0 Å². The van der Waals surface area contributed by atoms with Crippen LogP contribution in [0.5, 0.6) is 0 Å². The minimum Gasteiger partial charge on any atom is -0.478 e. The highest BCUT2D eigenvalue weighted by Gasteiger charge is 1.92. The Balaban J connectivity index is 2.15. The molecule has 0 amide bonds. The van der Waals surface area contributed by atoms with E-state index in [1.54, 1.807) is 18.5 Å². The van der Waals surface area contributed by atoms with Crippen LogP contribution in [0.15, 0.2) is 54.9 Å². The fourth-order valence-electron chi connectivity index (χ4n) is 1.60. The zero-order chi connectivity index (χ0) is 13.5. The van der Waals surface area contributed by atoms with Crippen molar-refractivity contribution in [2.24, 2.45) is 0 Å². The van der Waals surface area contributed by atoms with Gasteiger partial charge < -0.3 is 5.11 Å². The molecule has 1 heterocycles. The third kappa shape index (κ3) is 4.24. The number of aliphatic carboxylic acids is 1. The van der Waals surface area contributed by atoms with Crippen molar-refractivity contribution in [3.63, 3.8) is 0 Å². The number of carbonyl (C=O) groups is 1. The Bertz CT molecular complexity index is 616. The van der Waals surface area contributed by atoms with Crippen molar-refractivity contribution >= 4 is 24.2 Å². The summed E-state index contributed by atoms with van der Waals surface area (Å²) in [5.74, 6) is -0.947. The first-order valence-electron chi connectivity index (χ1n) is 5.83. The number of hydrogen-bond donors (Lipinski definition) is 1. The van der Waals surface area contributed by atoms with Gasteiger partial charge in [0.1, 0.15) is 0 Å². The molecule has 3 heteroatoms. The first kappa shape index (κ1) is 12.8. The Morgan fingerprint density at radius 1 is 0.947 bits per heavy atom. The molecule has 0 unspecified atom stereocenters. The molecule has 0 atom stereocenters. The van der Waals surface area contributed by atoms with Crippen molar-refractivity contribution in [1.82, 2.24) is 4.98 Å². The Morgan fingerprint density at radius 3 is 2.26 bits per heavy atom. The molecule has 0 spiro atoms. The van der Waals surface area contributed by atoms with Gasteiger partial charge in [-0.05, 0) is 41.0 Å². The molecule has 19 heavy (non-hydrogen) atoms. The first-order valence-corrected chi connectivity index (χ1v) is 5.83. The monoisotopic (exact) mass is 251 g/mol. The van der Waals surface area contributed by atoms with Crippen LogP contribution in [-0.2, 0) is 4.79 Å². The molecule has 1 N–H and O–H groups in total. The molecule has 0 saturated heterocycles. The Kier molecular flexibility index (Phi) is 4.24. The van der Waals surface area contributed by atoms with Crippen LogP contribution in [0.1, 0.15) is 16.7 Å². The maximum atomic E-state index is 10.5. The highest BCUT2D eigenvalue weighted by Crippen LogP contribution is 2.11. The summed E-state index contributed by atoms with van der Waals surface area (Å²) in [4.78, 5) is 14.4. The second-order valence-corrected chi connectivity index (χ2v) is 3.96. The molecule has 0 aliphatic carbocycles. The van der Waals surface area contributed by atoms with Gasteiger partial charge in [-0.15, -0.1) is 0 Å². The van der Waals surface area contributed by atoms with E-state index in [9.17, 15) is 4.79 Å². The zero-order valence-corrected chi connectivity index (χ0v) is 10.2. The van der Waals surface area contributed by atoms with E-state index < -0.39 is 5.97 Å². The molecule has 2 rings (SSSR count). The van der Waals surface area contributed by atoms with Gasteiger partial charge in [0.15, 0.2) is 0 Å². The normalized spacial score (nSPS) is 11.2. The van der Waals surface area contributed by atoms with E-state index in [2.05, 4.69) is 4.98 Å². The summed E-state index contributed by atoms with van der Waals surface area (Å²) in [6.45, 7) is 0. The maximum Gasteiger partial charge on any atom is 0.328 e. The zero-order valence-electron chi connectivity index (χ0n) is 10.2. The summed E-state index contributed by atoms with van der Waals surface area (Å²) in [6, 6.07) is 11.5. The van der Waals surface area contributed by atoms with Crippen LogP contribution in [0.4, 0.5) is 0 Å². The summed E-state index contributed by atoms with van der Waals surface area (Å²) in [6.07, 6.45) is 10.2. The van der Waals surface area contributed by atoms with Gasteiger partial charge >= 0.3 is 5.97 Å². The predicted octanol–water partition coefficient (Wildman–Crippen LogP) is 3.35. The number of hydrogen-bond acceptors (Lipinski definition) is 2. The fraction of sp³-hybridized carbons (Fsp3) is 0. The minimum atomic E-state index is -0.947. The van der Waals surface area contributed by atoms with E-state index in [-0.39, 0.29) is 0 Å². The van der Waals surface area contributed by atoms with Crippen molar-refractivity contribution in [1.29, 1.82) is 0 Å². The average Bonchev–Trinajstić information content (AvgIpc) is 2.44. The molecule has 0 radical (unpaired) electrons. The third-order valence-electron chi connectivity index (χ3n) is 2.50. The molecule has 2 aromatic rings. The SMILES string of the molecule is O=C(O)/C=C/c1cccc(/C=C/c2ccncc2)c1. The molecule has 0 aliphatic rings. The molecule has 3 nitrogen and oxygen atoms in total. The second-order valence-electron chi connectivity index (χ2n) is 3.96. The fourth-order valence-corrected chi connectivity index (χ4v) is 1.60. The van der Waals surface area contributed by atoms with Crippen LogP contribution in [0.25, 0.3) is 18.2 Å². The van der Waals surface area contributed by atoms with Gasteiger partial charge in [0.25, 0.3) is 0 Å². The second kappa shape index (κ2) is 6.31. The van der Waals surface area contributed by atoms with Gasteiger partial charge in [-0.3, -0.25) is 4.98 Å². The largest absolute Gasteiger partial charge is 0.478 e. The summed E-state index contributed by atoms with van der Waals surface area (Å²) >= 11 is 0. The van der Waals surface area contributed by atoms with Crippen LogP contribution in [0.3, 0.4) is 0 Å². The van der Waals surface area contributed by atoms with E-state index in [0.717, 1.165) is 22.8 Å². The van der Waals surface area contributed by atoms with E-state index in [4.69, 9.17) is 5.11 Å². The lowest BCUT2D eigenvalue weighted by Crippen LogP contribution is -1.85. The summed E-state index contributed by atoms with van der Waals surface area (Å²) in [5.41, 5.74) is 2.95. The number of nitrogens with zero attached hydrogens (tertiary/aromatic N) is 1. The highest BCUT2D eigenvalue weighted by atomic mass is 16.4. The van der Waals surface area contributed by atoms with Crippen molar-refractivity contribution in [3.05, 3.63) is 71.6 Å². The van der Waals surface area contributed by atoms with Crippen molar-refractivity contribution < 1.29 is 9.90 Å². The van der Waals surface area contributed by atoms with Gasteiger partial charge in [-0.25, -0.2) is 4.79 Å². The summed E-state index contributed by atoms with van der Waals surface area (Å²) in [7, 11) is 0. The molecule has 1 aromatic carbocycles. The first-order chi connectivity index (χ1) is 9.24. The quantitative estimate of drug-likeness (QED) is 0.848. The lowest BCUT2D eigenvalue weighted by molar-refractivity contribution is -0.131. The van der Waals surface area contributed by atoms with Gasteiger partial charge in [0, 0.05) is 18.5 Å². The van der Waals surface area contributed by atoms with Crippen LogP contribution >= 0.6 is 0 Å². The Morgan fingerprint density at radius 2 is 1.58 bits per heavy atom. The Hall–Kier alpha value is -2.68. The number of carboxylic acids is 1. The standard InChI is InChI=1S/C16H13NO2/c18-16(19)7-6-15-3-1-2-14(12-15)5-4-13-8-10-17-11-9-13/h1-12H,(H,18,19)/b5-4+,7-6+. The van der Waals surface area contributed by atoms with Crippen LogP contribution < -0.4 is 0 Å². The smallest absolute Gasteiger partial charge is 0.328 e. The van der Waals surface area contributed by atoms with Gasteiger partial charge in [-0.2, -0.15) is 0 Å². The lowest BCUT2D eigenvalue weighted by Gasteiger charge is -1.97. The molecular weight excluding hydrogens is 238 g/mol. The maximum absolute atomic E-state index is 10.5. The molecular formula is C16H13NO2. The van der Waals surface area contributed by atoms with Gasteiger partial charge in [0.05, 0.1) is 0 Å². The molecule has 0 fully saturated rings. The molecule has 94 valence electrons. The lowest BCUT2D eigenvalue weighted by atomic mass is 10.1. The van der Waals surface area contributed by atoms with E-state index >= 15 is 0 Å². The summed E-state index contributed by atoms with van der Waals surface area (Å²) < 4.78 is 0. The van der Waals surface area contributed by atoms with Crippen LogP contribution in [-0.4, -0.2) is 16.1 Å². The molecule has 0 aliphatic heterocycles.